The van der Waals surface area contributed by atoms with E-state index in [9.17, 15) is 4.79 Å². The highest BCUT2D eigenvalue weighted by molar-refractivity contribution is 7.98. The lowest BCUT2D eigenvalue weighted by Crippen LogP contribution is -2.37. The Morgan fingerprint density at radius 1 is 1.16 bits per heavy atom. The molecule has 1 aromatic carbocycles. The standard InChI is InChI=1S/C22H28N6OS2/c1-16-8-4-5-9-19(16)28-17(2)25-26-22(28)31-15-20-24-18(14-30-20)21(29)23-10-13-27-11-6-3-7-12-27/h4-5,8-9,14H,3,6-7,10-13,15H2,1-2H3,(H,23,29). The summed E-state index contributed by atoms with van der Waals surface area (Å²) in [6.07, 6.45) is 3.85. The van der Waals surface area contributed by atoms with E-state index in [0.29, 0.717) is 18.0 Å². The van der Waals surface area contributed by atoms with E-state index in [-0.39, 0.29) is 5.91 Å². The van der Waals surface area contributed by atoms with E-state index in [4.69, 9.17) is 0 Å². The predicted octanol–water partition coefficient (Wildman–Crippen LogP) is 3.85. The van der Waals surface area contributed by atoms with Crippen molar-refractivity contribution in [3.63, 3.8) is 0 Å². The number of para-hydroxylation sites is 1. The van der Waals surface area contributed by atoms with Crippen LogP contribution in [-0.2, 0) is 5.75 Å². The molecule has 2 aromatic heterocycles. The fourth-order valence-electron chi connectivity index (χ4n) is 3.74. The summed E-state index contributed by atoms with van der Waals surface area (Å²) in [4.78, 5) is 19.4. The number of aryl methyl sites for hydroxylation is 2. The largest absolute Gasteiger partial charge is 0.349 e. The number of carbonyl (C=O) groups excluding carboxylic acids is 1. The zero-order valence-corrected chi connectivity index (χ0v) is 19.6. The predicted molar refractivity (Wildman–Crippen MR) is 125 cm³/mol. The number of carbonyl (C=O) groups is 1. The molecule has 31 heavy (non-hydrogen) atoms. The van der Waals surface area contributed by atoms with Crippen molar-refractivity contribution in [3.8, 4) is 5.69 Å². The number of nitrogens with zero attached hydrogens (tertiary/aromatic N) is 5. The van der Waals surface area contributed by atoms with E-state index >= 15 is 0 Å². The molecular formula is C22H28N6OS2. The molecule has 0 atom stereocenters. The van der Waals surface area contributed by atoms with Crippen LogP contribution in [0.5, 0.6) is 0 Å². The van der Waals surface area contributed by atoms with Gasteiger partial charge in [0.05, 0.1) is 11.4 Å². The monoisotopic (exact) mass is 456 g/mol. The Kier molecular flexibility index (Phi) is 7.37. The number of hydrogen-bond acceptors (Lipinski definition) is 7. The lowest BCUT2D eigenvalue weighted by Gasteiger charge is -2.26. The Morgan fingerprint density at radius 3 is 2.77 bits per heavy atom. The molecule has 0 spiro atoms. The minimum Gasteiger partial charge on any atom is -0.349 e. The van der Waals surface area contributed by atoms with E-state index < -0.39 is 0 Å². The van der Waals surface area contributed by atoms with Gasteiger partial charge in [0.2, 0.25) is 0 Å². The first kappa shape index (κ1) is 22.0. The second-order valence-electron chi connectivity index (χ2n) is 7.73. The Bertz CT molecular complexity index is 1020. The molecule has 1 fully saturated rings. The molecule has 1 aliphatic rings. The van der Waals surface area contributed by atoms with Gasteiger partial charge >= 0.3 is 0 Å². The van der Waals surface area contributed by atoms with Gasteiger partial charge in [-0.15, -0.1) is 21.5 Å². The third kappa shape index (κ3) is 5.53. The number of thiazole rings is 1. The quantitative estimate of drug-likeness (QED) is 0.519. The number of aromatic nitrogens is 4. The van der Waals surface area contributed by atoms with Crippen molar-refractivity contribution in [2.24, 2.45) is 0 Å². The van der Waals surface area contributed by atoms with E-state index in [1.165, 1.54) is 36.2 Å². The fourth-order valence-corrected chi connectivity index (χ4v) is 5.52. The van der Waals surface area contributed by atoms with E-state index in [1.807, 2.05) is 24.4 Å². The molecule has 0 aliphatic carbocycles. The van der Waals surface area contributed by atoms with Gasteiger partial charge in [-0.05, 0) is 51.4 Å². The molecule has 0 unspecified atom stereocenters. The van der Waals surface area contributed by atoms with Crippen LogP contribution < -0.4 is 5.32 Å². The summed E-state index contributed by atoms with van der Waals surface area (Å²) in [5, 5.41) is 15.2. The molecule has 0 bridgehead atoms. The molecule has 9 heteroatoms. The Balaban J connectivity index is 1.33. The summed E-state index contributed by atoms with van der Waals surface area (Å²) < 4.78 is 2.07. The molecule has 0 saturated carbocycles. The van der Waals surface area contributed by atoms with Crippen LogP contribution >= 0.6 is 23.1 Å². The van der Waals surface area contributed by atoms with Crippen molar-refractivity contribution in [2.75, 3.05) is 26.2 Å². The number of hydrogen-bond donors (Lipinski definition) is 1. The Morgan fingerprint density at radius 2 is 1.97 bits per heavy atom. The smallest absolute Gasteiger partial charge is 0.270 e. The normalized spacial score (nSPS) is 14.6. The van der Waals surface area contributed by atoms with Crippen LogP contribution in [0.1, 0.15) is 46.1 Å². The zero-order chi connectivity index (χ0) is 21.6. The van der Waals surface area contributed by atoms with Crippen LogP contribution in [0.25, 0.3) is 5.69 Å². The number of amides is 1. The van der Waals surface area contributed by atoms with Gasteiger partial charge in [-0.25, -0.2) is 4.98 Å². The minimum atomic E-state index is -0.0940. The highest BCUT2D eigenvalue weighted by Crippen LogP contribution is 2.27. The van der Waals surface area contributed by atoms with Gasteiger partial charge in [-0.1, -0.05) is 36.4 Å². The molecule has 7 nitrogen and oxygen atoms in total. The average Bonchev–Trinajstić information content (AvgIpc) is 3.40. The molecule has 1 N–H and O–H groups in total. The number of thioether (sulfide) groups is 1. The molecular weight excluding hydrogens is 428 g/mol. The first-order valence-electron chi connectivity index (χ1n) is 10.7. The summed E-state index contributed by atoms with van der Waals surface area (Å²) in [5.41, 5.74) is 2.75. The van der Waals surface area contributed by atoms with Crippen molar-refractivity contribution >= 4 is 29.0 Å². The summed E-state index contributed by atoms with van der Waals surface area (Å²) >= 11 is 3.09. The molecule has 164 valence electrons. The number of piperidine rings is 1. The second kappa shape index (κ2) is 10.4. The van der Waals surface area contributed by atoms with E-state index in [0.717, 1.165) is 41.3 Å². The first-order chi connectivity index (χ1) is 15.1. The van der Waals surface area contributed by atoms with Crippen molar-refractivity contribution in [3.05, 3.63) is 51.7 Å². The van der Waals surface area contributed by atoms with Gasteiger partial charge < -0.3 is 10.2 Å². The lowest BCUT2D eigenvalue weighted by molar-refractivity contribution is 0.0942. The summed E-state index contributed by atoms with van der Waals surface area (Å²) in [5.74, 6) is 1.41. The maximum atomic E-state index is 12.4. The van der Waals surface area contributed by atoms with Crippen LogP contribution in [0, 0.1) is 13.8 Å². The van der Waals surface area contributed by atoms with Crippen LogP contribution in [0.4, 0.5) is 0 Å². The third-order valence-electron chi connectivity index (χ3n) is 5.42. The van der Waals surface area contributed by atoms with Gasteiger partial charge in [0.25, 0.3) is 5.91 Å². The topological polar surface area (TPSA) is 75.9 Å². The van der Waals surface area contributed by atoms with Crippen molar-refractivity contribution in [2.45, 2.75) is 44.0 Å². The van der Waals surface area contributed by atoms with Crippen LogP contribution in [0.3, 0.4) is 0 Å². The van der Waals surface area contributed by atoms with Gasteiger partial charge in [0.1, 0.15) is 16.5 Å². The molecule has 3 aromatic rings. The van der Waals surface area contributed by atoms with Gasteiger partial charge in [-0.2, -0.15) is 0 Å². The summed E-state index contributed by atoms with van der Waals surface area (Å²) in [7, 11) is 0. The van der Waals surface area contributed by atoms with E-state index in [2.05, 4.69) is 49.0 Å². The number of rotatable bonds is 8. The second-order valence-corrected chi connectivity index (χ2v) is 9.61. The molecule has 1 saturated heterocycles. The van der Waals surface area contributed by atoms with Crippen LogP contribution in [0.15, 0.2) is 34.8 Å². The minimum absolute atomic E-state index is 0.0940. The number of likely N-dealkylation sites (tertiary alicyclic amines) is 1. The van der Waals surface area contributed by atoms with Crippen molar-refractivity contribution < 1.29 is 4.79 Å². The Labute approximate surface area is 191 Å². The van der Waals surface area contributed by atoms with Crippen molar-refractivity contribution in [1.29, 1.82) is 0 Å². The fraction of sp³-hybridized carbons (Fsp3) is 0.455. The van der Waals surface area contributed by atoms with Gasteiger partial charge in [-0.3, -0.25) is 9.36 Å². The van der Waals surface area contributed by atoms with Gasteiger partial charge in [0, 0.05) is 18.5 Å². The summed E-state index contributed by atoms with van der Waals surface area (Å²) in [6.45, 7) is 7.90. The summed E-state index contributed by atoms with van der Waals surface area (Å²) in [6, 6.07) is 8.21. The highest BCUT2D eigenvalue weighted by atomic mass is 32.2. The van der Waals surface area contributed by atoms with E-state index in [1.54, 1.807) is 11.8 Å². The molecule has 4 rings (SSSR count). The van der Waals surface area contributed by atoms with Crippen molar-refractivity contribution in [1.82, 2.24) is 30.0 Å². The first-order valence-corrected chi connectivity index (χ1v) is 12.5. The average molecular weight is 457 g/mol. The Hall–Kier alpha value is -2.23. The van der Waals surface area contributed by atoms with Crippen LogP contribution in [-0.4, -0.2) is 56.7 Å². The molecule has 0 radical (unpaired) electrons. The highest BCUT2D eigenvalue weighted by Gasteiger charge is 2.16. The third-order valence-corrected chi connectivity index (χ3v) is 7.39. The molecule has 1 amide bonds. The SMILES string of the molecule is Cc1ccccc1-n1c(C)nnc1SCc1nc(C(=O)NCCN2CCCCC2)cs1. The van der Waals surface area contributed by atoms with Crippen LogP contribution in [0.2, 0.25) is 0 Å². The molecule has 1 aliphatic heterocycles. The zero-order valence-electron chi connectivity index (χ0n) is 18.0. The number of benzene rings is 1. The maximum absolute atomic E-state index is 12.4. The lowest BCUT2D eigenvalue weighted by atomic mass is 10.1. The number of nitrogens with one attached hydrogen (secondary N) is 1. The van der Waals surface area contributed by atoms with Gasteiger partial charge in [0.15, 0.2) is 5.16 Å². The molecule has 3 heterocycles. The maximum Gasteiger partial charge on any atom is 0.270 e.